The van der Waals surface area contributed by atoms with Crippen LogP contribution in [0.15, 0.2) is 24.3 Å². The number of aromatic nitrogens is 2. The van der Waals surface area contributed by atoms with Crippen molar-refractivity contribution in [1.29, 1.82) is 5.41 Å². The predicted molar refractivity (Wildman–Crippen MR) is 101 cm³/mol. The van der Waals surface area contributed by atoms with Crippen molar-refractivity contribution in [2.75, 3.05) is 17.7 Å². The van der Waals surface area contributed by atoms with E-state index in [1.54, 1.807) is 24.3 Å². The number of hydrogen-bond acceptors (Lipinski definition) is 7. The lowest BCUT2D eigenvalue weighted by Gasteiger charge is -2.16. The average molecular weight is 368 g/mol. The average Bonchev–Trinajstić information content (AvgIpc) is 3.46. The highest BCUT2D eigenvalue weighted by molar-refractivity contribution is 6.02. The van der Waals surface area contributed by atoms with E-state index < -0.39 is 0 Å². The number of nitrogens with two attached hydrogens (primary N) is 1. The summed E-state index contributed by atoms with van der Waals surface area (Å²) in [6.45, 7) is 1.38. The fraction of sp³-hybridized carbons (Fsp3) is 0.278. The summed E-state index contributed by atoms with van der Waals surface area (Å²) in [6, 6.07) is 6.63. The second-order valence-corrected chi connectivity index (χ2v) is 6.24. The molecule has 0 aliphatic heterocycles. The number of amidine groups is 1. The van der Waals surface area contributed by atoms with Crippen molar-refractivity contribution in [3.8, 4) is 5.75 Å². The highest BCUT2D eigenvalue weighted by Crippen LogP contribution is 2.33. The van der Waals surface area contributed by atoms with Gasteiger partial charge in [-0.05, 0) is 25.0 Å². The number of rotatable bonds is 7. The first-order valence-electron chi connectivity index (χ1n) is 8.38. The van der Waals surface area contributed by atoms with Gasteiger partial charge in [0.25, 0.3) is 0 Å². The highest BCUT2D eigenvalue weighted by atomic mass is 16.5. The van der Waals surface area contributed by atoms with Gasteiger partial charge in [0.1, 0.15) is 5.84 Å². The van der Waals surface area contributed by atoms with Crippen molar-refractivity contribution in [3.63, 3.8) is 0 Å². The third-order valence-corrected chi connectivity index (χ3v) is 4.11. The SMILES string of the molecule is COc1c(Nc2cc(NC(=O)C3CC3)nnc2C(C)=O)cccc1C(=N)N. The zero-order valence-corrected chi connectivity index (χ0v) is 15.0. The molecule has 0 atom stereocenters. The Hall–Kier alpha value is -3.49. The van der Waals surface area contributed by atoms with Crippen LogP contribution in [-0.2, 0) is 4.79 Å². The van der Waals surface area contributed by atoms with Crippen LogP contribution in [0.5, 0.6) is 5.75 Å². The van der Waals surface area contributed by atoms with E-state index in [0.29, 0.717) is 22.7 Å². The molecular formula is C18H20N6O3. The molecule has 5 N–H and O–H groups in total. The minimum atomic E-state index is -0.285. The number of hydrogen-bond donors (Lipinski definition) is 4. The van der Waals surface area contributed by atoms with Gasteiger partial charge in [0, 0.05) is 18.9 Å². The first-order valence-corrected chi connectivity index (χ1v) is 8.38. The van der Waals surface area contributed by atoms with Crippen molar-refractivity contribution < 1.29 is 14.3 Å². The highest BCUT2D eigenvalue weighted by Gasteiger charge is 2.30. The van der Waals surface area contributed by atoms with E-state index >= 15 is 0 Å². The van der Waals surface area contributed by atoms with E-state index in [-0.39, 0.29) is 35.0 Å². The van der Waals surface area contributed by atoms with E-state index in [9.17, 15) is 9.59 Å². The molecule has 1 aromatic carbocycles. The molecule has 1 aliphatic rings. The quantitative estimate of drug-likeness (QED) is 0.333. The predicted octanol–water partition coefficient (Wildman–Crippen LogP) is 2.06. The van der Waals surface area contributed by atoms with Gasteiger partial charge in [-0.3, -0.25) is 15.0 Å². The number of anilines is 3. The van der Waals surface area contributed by atoms with Gasteiger partial charge in [0.15, 0.2) is 23.0 Å². The van der Waals surface area contributed by atoms with Crippen LogP contribution in [-0.4, -0.2) is 34.8 Å². The third-order valence-electron chi connectivity index (χ3n) is 4.11. The molecule has 9 nitrogen and oxygen atoms in total. The summed E-state index contributed by atoms with van der Waals surface area (Å²) in [5.74, 6) is 0.0882. The lowest BCUT2D eigenvalue weighted by Crippen LogP contribution is -2.16. The maximum Gasteiger partial charge on any atom is 0.228 e. The van der Waals surface area contributed by atoms with Crippen molar-refractivity contribution >= 4 is 34.7 Å². The molecule has 1 saturated carbocycles. The second-order valence-electron chi connectivity index (χ2n) is 6.24. The Kier molecular flexibility index (Phi) is 5.02. The van der Waals surface area contributed by atoms with Crippen LogP contribution in [0.2, 0.25) is 0 Å². The fourth-order valence-corrected chi connectivity index (χ4v) is 2.59. The number of ether oxygens (including phenoxy) is 1. The van der Waals surface area contributed by atoms with Crippen LogP contribution in [0.3, 0.4) is 0 Å². The zero-order chi connectivity index (χ0) is 19.6. The molecule has 1 amide bonds. The number of carbonyl (C=O) groups excluding carboxylic acids is 2. The number of methoxy groups -OCH3 is 1. The number of nitrogens with zero attached hydrogens (tertiary/aromatic N) is 2. The molecule has 9 heteroatoms. The summed E-state index contributed by atoms with van der Waals surface area (Å²) in [6.07, 6.45) is 1.73. The van der Waals surface area contributed by atoms with Crippen molar-refractivity contribution in [2.24, 2.45) is 11.7 Å². The summed E-state index contributed by atoms with van der Waals surface area (Å²) in [5.41, 5.74) is 6.99. The molecule has 2 aromatic rings. The lowest BCUT2D eigenvalue weighted by atomic mass is 10.1. The van der Waals surface area contributed by atoms with E-state index in [1.165, 1.54) is 14.0 Å². The van der Waals surface area contributed by atoms with Gasteiger partial charge in [0.2, 0.25) is 5.91 Å². The molecule has 0 spiro atoms. The monoisotopic (exact) mass is 368 g/mol. The number of Topliss-reactive ketones (excluding diaryl/α,β-unsaturated/α-hetero) is 1. The number of benzene rings is 1. The van der Waals surface area contributed by atoms with Crippen LogP contribution in [0, 0.1) is 11.3 Å². The topological polar surface area (TPSA) is 143 Å². The van der Waals surface area contributed by atoms with Crippen LogP contribution < -0.4 is 21.1 Å². The van der Waals surface area contributed by atoms with E-state index in [2.05, 4.69) is 20.8 Å². The standard InChI is InChI=1S/C18H20N6O3/c1-9(25)15-13(8-14(23-24-15)22-18(26)10-6-7-10)21-12-5-3-4-11(17(19)20)16(12)27-2/h3-5,8,10H,6-7H2,1-2H3,(H3,19,20)(H2,21,22,23,26). The zero-order valence-electron chi connectivity index (χ0n) is 15.0. The fourth-order valence-electron chi connectivity index (χ4n) is 2.59. The molecule has 1 aliphatic carbocycles. The van der Waals surface area contributed by atoms with Crippen LogP contribution in [0.1, 0.15) is 35.8 Å². The number of nitrogens with one attached hydrogen (secondary N) is 3. The number of ketones is 1. The van der Waals surface area contributed by atoms with Gasteiger partial charge < -0.3 is 21.1 Å². The summed E-state index contributed by atoms with van der Waals surface area (Å²) < 4.78 is 5.37. The molecule has 0 radical (unpaired) electrons. The Morgan fingerprint density at radius 3 is 2.59 bits per heavy atom. The Morgan fingerprint density at radius 1 is 1.26 bits per heavy atom. The summed E-state index contributed by atoms with van der Waals surface area (Å²) in [4.78, 5) is 23.9. The van der Waals surface area contributed by atoms with Crippen molar-refractivity contribution in [2.45, 2.75) is 19.8 Å². The first-order chi connectivity index (χ1) is 12.9. The van der Waals surface area contributed by atoms with Gasteiger partial charge in [-0.15, -0.1) is 10.2 Å². The van der Waals surface area contributed by atoms with E-state index in [1.807, 2.05) is 0 Å². The van der Waals surface area contributed by atoms with Crippen LogP contribution in [0.25, 0.3) is 0 Å². The first kappa shape index (κ1) is 18.3. The number of amides is 1. The Balaban J connectivity index is 1.97. The molecule has 1 aromatic heterocycles. The van der Waals surface area contributed by atoms with Crippen molar-refractivity contribution in [1.82, 2.24) is 10.2 Å². The normalized spacial score (nSPS) is 13.0. The molecule has 1 fully saturated rings. The molecule has 140 valence electrons. The summed E-state index contributed by atoms with van der Waals surface area (Å²) in [5, 5.41) is 21.3. The summed E-state index contributed by atoms with van der Waals surface area (Å²) in [7, 11) is 1.46. The maximum atomic E-state index is 12.0. The lowest BCUT2D eigenvalue weighted by molar-refractivity contribution is -0.117. The summed E-state index contributed by atoms with van der Waals surface area (Å²) >= 11 is 0. The molecule has 0 bridgehead atoms. The number of nitrogen functional groups attached to an aromatic ring is 1. The molecule has 3 rings (SSSR count). The molecular weight excluding hydrogens is 348 g/mol. The second kappa shape index (κ2) is 7.40. The Bertz CT molecular complexity index is 923. The minimum Gasteiger partial charge on any atom is -0.494 e. The van der Waals surface area contributed by atoms with E-state index in [0.717, 1.165) is 12.8 Å². The van der Waals surface area contributed by atoms with Gasteiger partial charge in [-0.2, -0.15) is 0 Å². The Morgan fingerprint density at radius 2 is 2.00 bits per heavy atom. The van der Waals surface area contributed by atoms with Gasteiger partial charge in [-0.1, -0.05) is 6.07 Å². The minimum absolute atomic E-state index is 0.0167. The van der Waals surface area contributed by atoms with Crippen LogP contribution >= 0.6 is 0 Å². The molecule has 0 saturated heterocycles. The smallest absolute Gasteiger partial charge is 0.228 e. The Labute approximate surface area is 155 Å². The van der Waals surface area contributed by atoms with Gasteiger partial charge >= 0.3 is 0 Å². The van der Waals surface area contributed by atoms with Gasteiger partial charge in [0.05, 0.1) is 24.0 Å². The number of para-hydroxylation sites is 1. The van der Waals surface area contributed by atoms with Crippen molar-refractivity contribution in [3.05, 3.63) is 35.5 Å². The molecule has 0 unspecified atom stereocenters. The molecule has 1 heterocycles. The maximum absolute atomic E-state index is 12.0. The van der Waals surface area contributed by atoms with Gasteiger partial charge in [-0.25, -0.2) is 0 Å². The molecule has 27 heavy (non-hydrogen) atoms. The largest absolute Gasteiger partial charge is 0.494 e. The third kappa shape index (κ3) is 4.02. The van der Waals surface area contributed by atoms with E-state index in [4.69, 9.17) is 15.9 Å². The number of carbonyl (C=O) groups is 2. The van der Waals surface area contributed by atoms with Crippen LogP contribution in [0.4, 0.5) is 17.2 Å².